The zero-order valence-corrected chi connectivity index (χ0v) is 35.5. The molecule has 9 amide bonds. The smallest absolute Gasteiger partial charge is 0.327 e. The second-order valence-corrected chi connectivity index (χ2v) is 14.8. The summed E-state index contributed by atoms with van der Waals surface area (Å²) in [5.74, 6) is -10.6. The number of nitrogens with one attached hydrogen (secondary N) is 7. The Kier molecular flexibility index (Phi) is 24.2. The first-order chi connectivity index (χ1) is 28.7. The van der Waals surface area contributed by atoms with Crippen LogP contribution >= 0.6 is 25.3 Å². The number of carbonyl (C=O) groups is 10. The minimum atomic E-state index is -1.78. The first-order valence-electron chi connectivity index (χ1n) is 19.2. The van der Waals surface area contributed by atoms with E-state index in [-0.39, 0.29) is 50.3 Å². The van der Waals surface area contributed by atoms with Gasteiger partial charge in [0.25, 0.3) is 0 Å². The molecule has 0 unspecified atom stereocenters. The highest BCUT2D eigenvalue weighted by molar-refractivity contribution is 7.80. The van der Waals surface area contributed by atoms with Crippen LogP contribution in [0.25, 0.3) is 0 Å². The van der Waals surface area contributed by atoms with E-state index < -0.39 is 139 Å². The molecule has 0 aromatic heterocycles. The molecule has 1 fully saturated rings. The lowest BCUT2D eigenvalue weighted by Gasteiger charge is -2.30. The molecule has 0 aromatic carbocycles. The summed E-state index contributed by atoms with van der Waals surface area (Å²) in [5, 5.41) is 55.3. The number of carbonyl (C=O) groups excluding carboxylic acids is 9. The third-order valence-corrected chi connectivity index (χ3v) is 9.97. The predicted molar refractivity (Wildman–Crippen MR) is 220 cm³/mol. The van der Waals surface area contributed by atoms with Crippen LogP contribution in [0.3, 0.4) is 0 Å². The number of amides is 9. The fourth-order valence-corrected chi connectivity index (χ4v) is 6.15. The Balaban J connectivity index is 3.17. The Morgan fingerprint density at radius 3 is 1.77 bits per heavy atom. The van der Waals surface area contributed by atoms with Crippen LogP contribution in [0.15, 0.2) is 0 Å². The molecule has 0 saturated carbocycles. The number of aliphatic hydroxyl groups is 3. The highest BCUT2D eigenvalue weighted by atomic mass is 32.1. The van der Waals surface area contributed by atoms with Gasteiger partial charge in [0, 0.05) is 18.1 Å². The molecule has 1 aliphatic heterocycles. The Morgan fingerprint density at radius 1 is 0.705 bits per heavy atom. The normalized spacial score (nSPS) is 18.0. The van der Waals surface area contributed by atoms with Gasteiger partial charge < -0.3 is 79.7 Å². The second kappa shape index (κ2) is 27.2. The van der Waals surface area contributed by atoms with Crippen LogP contribution < -0.4 is 54.4 Å². The maximum atomic E-state index is 13.7. The van der Waals surface area contributed by atoms with E-state index in [0.29, 0.717) is 6.42 Å². The fourth-order valence-electron chi connectivity index (χ4n) is 5.74. The summed E-state index contributed by atoms with van der Waals surface area (Å²) in [6.45, 7) is 0.616. The molecule has 25 nitrogen and oxygen atoms in total. The van der Waals surface area contributed by atoms with Crippen LogP contribution in [0.5, 0.6) is 0 Å². The van der Waals surface area contributed by atoms with E-state index in [0.717, 1.165) is 11.8 Å². The van der Waals surface area contributed by atoms with E-state index in [1.54, 1.807) is 0 Å². The van der Waals surface area contributed by atoms with Crippen molar-refractivity contribution in [3.8, 4) is 0 Å². The van der Waals surface area contributed by atoms with E-state index >= 15 is 0 Å². The SMILES string of the molecule is C[C@H](NC(=O)[C@@H](NC(=O)[C@@H]1CCCN1C(=O)[C@H](CO)NC(=O)[C@H](CC(N)=O)NC(=O)[C@H](CCCCN)NC(=O)[C@H](CO)NC(=O)[C@@H](N)CS)[C@@H](C)O)C(=O)N[C@@H](CS)C(=O)O. The number of nitrogens with zero attached hydrogens (tertiary/aromatic N) is 1. The van der Waals surface area contributed by atoms with Crippen molar-refractivity contribution < 1.29 is 68.4 Å². The summed E-state index contributed by atoms with van der Waals surface area (Å²) in [5.41, 5.74) is 16.5. The number of aliphatic hydroxyl groups excluding tert-OH is 3. The first kappa shape index (κ1) is 54.2. The van der Waals surface area contributed by atoms with Gasteiger partial charge in [0.05, 0.1) is 31.8 Å². The number of primary amides is 1. The van der Waals surface area contributed by atoms with E-state index in [4.69, 9.17) is 22.3 Å². The number of unbranched alkanes of at least 4 members (excludes halogenated alkanes) is 1. The lowest BCUT2D eigenvalue weighted by Crippen LogP contribution is -2.62. The van der Waals surface area contributed by atoms with Gasteiger partial charge in [0.15, 0.2) is 0 Å². The maximum Gasteiger partial charge on any atom is 0.327 e. The molecule has 10 atom stereocenters. The zero-order valence-electron chi connectivity index (χ0n) is 33.7. The largest absolute Gasteiger partial charge is 0.480 e. The van der Waals surface area contributed by atoms with Crippen LogP contribution in [-0.2, 0) is 47.9 Å². The molecule has 1 rings (SSSR count). The summed E-state index contributed by atoms with van der Waals surface area (Å²) in [6, 6.07) is -13.3. The standard InChI is InChI=1S/C34H59N11O14S2/c1-15(26(50)43-22(14-61)34(58)59)38-32(56)25(16(2)48)44-31(55)23-7-5-9-45(23)33(57)21(12-47)42-29(53)19(10-24(37)49)40-28(52)18(6-3-4-8-35)39-30(54)20(11-46)41-27(51)17(36)13-60/h15-23,25,46-48,60-61H,3-14,35-36H2,1-2H3,(H2,37,49)(H,38,56)(H,39,54)(H,40,52)(H,41,51)(H,42,53)(H,43,50)(H,44,55)(H,58,59)/t15-,16+,17-,18-,19-,20-,21-,22-,23-,25-/m0/s1. The highest BCUT2D eigenvalue weighted by Crippen LogP contribution is 2.19. The van der Waals surface area contributed by atoms with Gasteiger partial charge in [-0.3, -0.25) is 43.2 Å². The van der Waals surface area contributed by atoms with Gasteiger partial charge in [-0.05, 0) is 52.5 Å². The summed E-state index contributed by atoms with van der Waals surface area (Å²) < 4.78 is 0. The Hall–Kier alpha value is -4.80. The van der Waals surface area contributed by atoms with E-state index in [9.17, 15) is 63.3 Å². The molecule has 1 saturated heterocycles. The van der Waals surface area contributed by atoms with Gasteiger partial charge in [-0.25, -0.2) is 4.79 Å². The summed E-state index contributed by atoms with van der Waals surface area (Å²) in [4.78, 5) is 129. The topological polar surface area (TPSA) is 417 Å². The van der Waals surface area contributed by atoms with Crippen molar-refractivity contribution in [2.45, 2.75) is 113 Å². The van der Waals surface area contributed by atoms with Gasteiger partial charge in [-0.1, -0.05) is 0 Å². The van der Waals surface area contributed by atoms with Crippen molar-refractivity contribution in [1.29, 1.82) is 0 Å². The molecule has 0 radical (unpaired) electrons. The molecular formula is C34H59N11O14S2. The molecular weight excluding hydrogens is 851 g/mol. The Morgan fingerprint density at radius 2 is 1.25 bits per heavy atom. The van der Waals surface area contributed by atoms with Gasteiger partial charge in [0.2, 0.25) is 53.2 Å². The van der Waals surface area contributed by atoms with Gasteiger partial charge >= 0.3 is 5.97 Å². The van der Waals surface area contributed by atoms with Gasteiger partial charge in [-0.2, -0.15) is 25.3 Å². The Labute approximate surface area is 362 Å². The molecule has 17 N–H and O–H groups in total. The predicted octanol–water partition coefficient (Wildman–Crippen LogP) is -7.97. The van der Waals surface area contributed by atoms with Crippen LogP contribution in [0, 0.1) is 0 Å². The number of aliphatic carboxylic acids is 1. The van der Waals surface area contributed by atoms with Crippen molar-refractivity contribution in [2.75, 3.05) is 37.8 Å². The summed E-state index contributed by atoms with van der Waals surface area (Å²) in [6.07, 6.45) is -1.46. The first-order valence-corrected chi connectivity index (χ1v) is 20.4. The fraction of sp³-hybridized carbons (Fsp3) is 0.706. The van der Waals surface area contributed by atoms with Gasteiger partial charge in [0.1, 0.15) is 48.3 Å². The van der Waals surface area contributed by atoms with E-state index in [2.05, 4.69) is 62.5 Å². The summed E-state index contributed by atoms with van der Waals surface area (Å²) in [7, 11) is 0. The number of nitrogens with two attached hydrogens (primary N) is 3. The van der Waals surface area contributed by atoms with Crippen LogP contribution in [-0.4, -0.2) is 183 Å². The molecule has 0 aromatic rings. The van der Waals surface area contributed by atoms with Crippen molar-refractivity contribution in [1.82, 2.24) is 42.1 Å². The lowest BCUT2D eigenvalue weighted by molar-refractivity contribution is -0.144. The minimum absolute atomic E-state index is 0.0391. The molecule has 0 aliphatic carbocycles. The number of rotatable bonds is 27. The van der Waals surface area contributed by atoms with Crippen LogP contribution in [0.4, 0.5) is 0 Å². The van der Waals surface area contributed by atoms with Gasteiger partial charge in [-0.15, -0.1) is 0 Å². The number of hydrogen-bond donors (Lipinski definition) is 16. The lowest BCUT2D eigenvalue weighted by atomic mass is 10.1. The maximum absolute atomic E-state index is 13.7. The molecule has 0 spiro atoms. The molecule has 61 heavy (non-hydrogen) atoms. The number of carboxylic acid groups (broad SMARTS) is 1. The molecule has 27 heteroatoms. The number of carboxylic acids is 1. The number of thiol groups is 2. The number of hydrogen-bond acceptors (Lipinski definition) is 17. The van der Waals surface area contributed by atoms with Crippen molar-refractivity contribution in [2.24, 2.45) is 17.2 Å². The summed E-state index contributed by atoms with van der Waals surface area (Å²) >= 11 is 7.76. The second-order valence-electron chi connectivity index (χ2n) is 14.1. The number of likely N-dealkylation sites (tertiary alicyclic amines) is 1. The quantitative estimate of drug-likeness (QED) is 0.0269. The third-order valence-electron chi connectivity index (χ3n) is 9.21. The monoisotopic (exact) mass is 909 g/mol. The zero-order chi connectivity index (χ0) is 46.6. The Bertz CT molecular complexity index is 1580. The minimum Gasteiger partial charge on any atom is -0.480 e. The molecule has 0 bridgehead atoms. The highest BCUT2D eigenvalue weighted by Gasteiger charge is 2.41. The van der Waals surface area contributed by atoms with Crippen molar-refractivity contribution >= 4 is 84.4 Å². The molecule has 1 aliphatic rings. The average Bonchev–Trinajstić information content (AvgIpc) is 3.71. The van der Waals surface area contributed by atoms with Crippen LogP contribution in [0.1, 0.15) is 52.4 Å². The van der Waals surface area contributed by atoms with Crippen molar-refractivity contribution in [3.05, 3.63) is 0 Å². The molecule has 1 heterocycles. The molecule has 346 valence electrons. The van der Waals surface area contributed by atoms with E-state index in [1.807, 2.05) is 0 Å². The van der Waals surface area contributed by atoms with Crippen molar-refractivity contribution in [3.63, 3.8) is 0 Å². The third kappa shape index (κ3) is 17.6. The average molecular weight is 910 g/mol. The van der Waals surface area contributed by atoms with E-state index in [1.165, 1.54) is 6.92 Å². The van der Waals surface area contributed by atoms with Crippen LogP contribution in [0.2, 0.25) is 0 Å².